The van der Waals surface area contributed by atoms with Crippen LogP contribution in [0.4, 0.5) is 4.39 Å². The van der Waals surface area contributed by atoms with Crippen LogP contribution in [0.5, 0.6) is 17.2 Å². The standard InChI is InChI=1S/C28H28FNO4/c29-27-25(34-18-19-5-2-1-3-6-19)14-11-21-16-30(28(32)26(21)27)22-12-9-20(10-13-22)17-33-24-8-4-7-23(31)15-24/h1-8,11,14-15,20,22,31H,9-10,12-13,16-18H2. The number of hydrogen-bond donors (Lipinski definition) is 1. The number of carbonyl (C=O) groups is 1. The van der Waals surface area contributed by atoms with Crippen molar-refractivity contribution in [2.24, 2.45) is 5.92 Å². The van der Waals surface area contributed by atoms with Crippen LogP contribution in [-0.4, -0.2) is 28.6 Å². The summed E-state index contributed by atoms with van der Waals surface area (Å²) in [6.45, 7) is 1.28. The van der Waals surface area contributed by atoms with Gasteiger partial charge in [0.1, 0.15) is 18.1 Å². The van der Waals surface area contributed by atoms with Gasteiger partial charge in [-0.1, -0.05) is 42.5 Å². The van der Waals surface area contributed by atoms with Crippen LogP contribution in [0.1, 0.15) is 47.2 Å². The third-order valence-electron chi connectivity index (χ3n) is 6.81. The SMILES string of the molecule is O=C1c2c(ccc(OCc3ccccc3)c2F)CN1C1CCC(COc2cccc(O)c2)CC1. The summed E-state index contributed by atoms with van der Waals surface area (Å²) in [6.07, 6.45) is 3.62. The van der Waals surface area contributed by atoms with Gasteiger partial charge in [0.05, 0.1) is 12.2 Å². The number of ether oxygens (including phenoxy) is 2. The highest BCUT2D eigenvalue weighted by molar-refractivity contribution is 5.99. The zero-order valence-corrected chi connectivity index (χ0v) is 19.0. The Morgan fingerprint density at radius 3 is 2.50 bits per heavy atom. The van der Waals surface area contributed by atoms with Gasteiger partial charge in [0.25, 0.3) is 5.91 Å². The molecule has 0 atom stereocenters. The van der Waals surface area contributed by atoms with E-state index in [2.05, 4.69) is 0 Å². The van der Waals surface area contributed by atoms with Crippen LogP contribution in [-0.2, 0) is 13.2 Å². The fraction of sp³-hybridized carbons (Fsp3) is 0.321. The van der Waals surface area contributed by atoms with Gasteiger partial charge in [-0.15, -0.1) is 0 Å². The van der Waals surface area contributed by atoms with E-state index < -0.39 is 5.82 Å². The minimum atomic E-state index is -0.561. The molecule has 0 unspecified atom stereocenters. The first-order valence-corrected chi connectivity index (χ1v) is 11.8. The topological polar surface area (TPSA) is 59.0 Å². The summed E-state index contributed by atoms with van der Waals surface area (Å²) < 4.78 is 26.7. The average Bonchev–Trinajstić information content (AvgIpc) is 3.20. The van der Waals surface area contributed by atoms with Crippen molar-refractivity contribution in [3.8, 4) is 17.2 Å². The minimum absolute atomic E-state index is 0.102. The molecule has 1 heterocycles. The van der Waals surface area contributed by atoms with E-state index in [1.165, 1.54) is 0 Å². The first-order chi connectivity index (χ1) is 16.6. The number of rotatable bonds is 7. The van der Waals surface area contributed by atoms with E-state index in [1.807, 2.05) is 47.4 Å². The molecule has 1 N–H and O–H groups in total. The molecule has 6 heteroatoms. The number of nitrogens with zero attached hydrogens (tertiary/aromatic N) is 1. The van der Waals surface area contributed by atoms with Crippen molar-refractivity contribution < 1.29 is 23.8 Å². The molecular weight excluding hydrogens is 433 g/mol. The van der Waals surface area contributed by atoms with Gasteiger partial charge in [0, 0.05) is 18.7 Å². The van der Waals surface area contributed by atoms with Gasteiger partial charge in [0.2, 0.25) is 0 Å². The Morgan fingerprint density at radius 2 is 1.74 bits per heavy atom. The monoisotopic (exact) mass is 461 g/mol. The quantitative estimate of drug-likeness (QED) is 0.490. The molecule has 0 bridgehead atoms. The molecule has 34 heavy (non-hydrogen) atoms. The maximum atomic E-state index is 15.2. The molecular formula is C28H28FNO4. The second kappa shape index (κ2) is 9.75. The van der Waals surface area contributed by atoms with E-state index >= 15 is 4.39 Å². The van der Waals surface area contributed by atoms with Gasteiger partial charge < -0.3 is 19.5 Å². The Kier molecular flexibility index (Phi) is 6.39. The van der Waals surface area contributed by atoms with Crippen LogP contribution in [0.3, 0.4) is 0 Å². The lowest BCUT2D eigenvalue weighted by Crippen LogP contribution is -2.39. The smallest absolute Gasteiger partial charge is 0.257 e. The van der Waals surface area contributed by atoms with Gasteiger partial charge in [-0.05, 0) is 60.9 Å². The Bertz CT molecular complexity index is 1160. The Labute approximate surface area is 198 Å². The van der Waals surface area contributed by atoms with E-state index in [0.29, 0.717) is 24.8 Å². The average molecular weight is 462 g/mol. The number of halogens is 1. The van der Waals surface area contributed by atoms with E-state index in [0.717, 1.165) is 36.8 Å². The fourth-order valence-corrected chi connectivity index (χ4v) is 4.91. The fourth-order valence-electron chi connectivity index (χ4n) is 4.91. The van der Waals surface area contributed by atoms with Crippen molar-refractivity contribution in [3.63, 3.8) is 0 Å². The molecule has 176 valence electrons. The Morgan fingerprint density at radius 1 is 0.941 bits per heavy atom. The molecule has 0 aromatic heterocycles. The summed E-state index contributed by atoms with van der Waals surface area (Å²) >= 11 is 0. The predicted molar refractivity (Wildman–Crippen MR) is 126 cm³/mol. The lowest BCUT2D eigenvalue weighted by atomic mass is 9.86. The highest BCUT2D eigenvalue weighted by Crippen LogP contribution is 2.36. The highest BCUT2D eigenvalue weighted by Gasteiger charge is 2.37. The summed E-state index contributed by atoms with van der Waals surface area (Å²) in [7, 11) is 0. The summed E-state index contributed by atoms with van der Waals surface area (Å²) in [4.78, 5) is 15.0. The lowest BCUT2D eigenvalue weighted by Gasteiger charge is -2.34. The van der Waals surface area contributed by atoms with E-state index in [-0.39, 0.29) is 35.6 Å². The van der Waals surface area contributed by atoms with E-state index in [4.69, 9.17) is 9.47 Å². The van der Waals surface area contributed by atoms with Crippen molar-refractivity contribution in [3.05, 3.63) is 89.2 Å². The van der Waals surface area contributed by atoms with Gasteiger partial charge in [0.15, 0.2) is 11.6 Å². The Balaban J connectivity index is 1.17. The number of aromatic hydroxyl groups is 1. The van der Waals surface area contributed by atoms with E-state index in [9.17, 15) is 9.90 Å². The van der Waals surface area contributed by atoms with Crippen molar-refractivity contribution >= 4 is 5.91 Å². The van der Waals surface area contributed by atoms with Gasteiger partial charge in [-0.3, -0.25) is 4.79 Å². The normalized spacial score (nSPS) is 19.7. The minimum Gasteiger partial charge on any atom is -0.508 e. The zero-order valence-electron chi connectivity index (χ0n) is 19.0. The molecule has 3 aromatic carbocycles. The third-order valence-corrected chi connectivity index (χ3v) is 6.81. The molecule has 1 aliphatic carbocycles. The first kappa shape index (κ1) is 22.3. The first-order valence-electron chi connectivity index (χ1n) is 11.8. The molecule has 5 nitrogen and oxygen atoms in total. The summed E-state index contributed by atoms with van der Waals surface area (Å²) in [5.74, 6) is 0.562. The molecule has 0 spiro atoms. The summed E-state index contributed by atoms with van der Waals surface area (Å²) in [6, 6.07) is 19.9. The molecule has 2 aliphatic rings. The van der Waals surface area contributed by atoms with Gasteiger partial charge in [-0.25, -0.2) is 4.39 Å². The molecule has 1 amide bonds. The van der Waals surface area contributed by atoms with Crippen LogP contribution < -0.4 is 9.47 Å². The molecule has 5 rings (SSSR count). The van der Waals surface area contributed by atoms with Crippen molar-refractivity contribution in [1.82, 2.24) is 4.90 Å². The number of fused-ring (bicyclic) bond motifs is 1. The van der Waals surface area contributed by atoms with E-state index in [1.54, 1.807) is 24.3 Å². The summed E-state index contributed by atoms with van der Waals surface area (Å²) in [5.41, 5.74) is 1.82. The number of phenolic OH excluding ortho intramolecular Hbond substituents is 1. The van der Waals surface area contributed by atoms with Gasteiger partial charge >= 0.3 is 0 Å². The van der Waals surface area contributed by atoms with Crippen molar-refractivity contribution in [2.75, 3.05) is 6.61 Å². The number of amides is 1. The van der Waals surface area contributed by atoms with Crippen molar-refractivity contribution in [1.29, 1.82) is 0 Å². The van der Waals surface area contributed by atoms with Crippen LogP contribution in [0.15, 0.2) is 66.7 Å². The summed E-state index contributed by atoms with van der Waals surface area (Å²) in [5, 5.41) is 9.57. The van der Waals surface area contributed by atoms with Crippen LogP contribution in [0.2, 0.25) is 0 Å². The molecule has 1 aliphatic heterocycles. The van der Waals surface area contributed by atoms with Gasteiger partial charge in [-0.2, -0.15) is 0 Å². The second-order valence-corrected chi connectivity index (χ2v) is 9.10. The number of hydrogen-bond acceptors (Lipinski definition) is 4. The number of carbonyl (C=O) groups excluding carboxylic acids is 1. The van der Waals surface area contributed by atoms with Crippen LogP contribution in [0.25, 0.3) is 0 Å². The number of benzene rings is 3. The molecule has 1 saturated carbocycles. The maximum Gasteiger partial charge on any atom is 0.257 e. The maximum absolute atomic E-state index is 15.2. The third kappa shape index (κ3) is 4.72. The highest BCUT2D eigenvalue weighted by atomic mass is 19.1. The molecule has 1 fully saturated rings. The number of phenols is 1. The molecule has 3 aromatic rings. The van der Waals surface area contributed by atoms with Crippen LogP contribution in [0, 0.1) is 11.7 Å². The predicted octanol–water partition coefficient (Wildman–Crippen LogP) is 5.70. The molecule has 0 radical (unpaired) electrons. The largest absolute Gasteiger partial charge is 0.508 e. The van der Waals surface area contributed by atoms with Crippen molar-refractivity contribution in [2.45, 2.75) is 44.9 Å². The lowest BCUT2D eigenvalue weighted by molar-refractivity contribution is 0.0612. The Hall–Kier alpha value is -3.54. The molecule has 0 saturated heterocycles. The van der Waals surface area contributed by atoms with Crippen LogP contribution >= 0.6 is 0 Å². The second-order valence-electron chi connectivity index (χ2n) is 9.10. The zero-order chi connectivity index (χ0) is 23.5.